The van der Waals surface area contributed by atoms with Crippen molar-refractivity contribution in [1.82, 2.24) is 4.13 Å². The molecule has 0 aromatic carbocycles. The summed E-state index contributed by atoms with van der Waals surface area (Å²) in [6.07, 6.45) is 0. The molecule has 0 saturated heterocycles. The molecule has 0 atom stereocenters. The second-order valence-electron chi connectivity index (χ2n) is 1.80. The van der Waals surface area contributed by atoms with E-state index in [0.29, 0.717) is 0 Å². The van der Waals surface area contributed by atoms with Crippen LogP contribution in [0.2, 0.25) is 0 Å². The van der Waals surface area contributed by atoms with E-state index in [1.54, 1.807) is 11.9 Å². The minimum absolute atomic E-state index is 0.754. The van der Waals surface area contributed by atoms with E-state index in [1.807, 2.05) is 0 Å². The summed E-state index contributed by atoms with van der Waals surface area (Å²) in [4.78, 5) is 0. The molecule has 3 heteroatoms. The Hall–Kier alpha value is 0.660. The topological polar surface area (TPSA) is 12.0 Å². The fourth-order valence-corrected chi connectivity index (χ4v) is 0.835. The van der Waals surface area contributed by atoms with E-state index in [1.165, 1.54) is 0 Å². The summed E-state index contributed by atoms with van der Waals surface area (Å²) in [7, 11) is 0. The highest BCUT2D eigenvalue weighted by molar-refractivity contribution is 8.06. The normalized spacial score (nSPS) is 10.3. The standard InChI is InChI=1S/C4H11NS2/c1-4(2)3-7-5-6/h4-6H,3H2,1-2H3. The third-order valence-corrected chi connectivity index (χ3v) is 1.83. The van der Waals surface area contributed by atoms with Gasteiger partial charge >= 0.3 is 0 Å². The number of hydrogen-bond acceptors (Lipinski definition) is 3. The van der Waals surface area contributed by atoms with Gasteiger partial charge in [-0.25, -0.2) is 4.13 Å². The van der Waals surface area contributed by atoms with Gasteiger partial charge in [0.25, 0.3) is 0 Å². The zero-order valence-electron chi connectivity index (χ0n) is 4.64. The van der Waals surface area contributed by atoms with Gasteiger partial charge in [-0.05, 0) is 5.92 Å². The van der Waals surface area contributed by atoms with Crippen LogP contribution in [0.4, 0.5) is 0 Å². The quantitative estimate of drug-likeness (QED) is 0.454. The first-order chi connectivity index (χ1) is 3.27. The molecule has 0 rings (SSSR count). The third kappa shape index (κ3) is 6.66. The van der Waals surface area contributed by atoms with Crippen LogP contribution in [0.15, 0.2) is 0 Å². The highest BCUT2D eigenvalue weighted by Gasteiger charge is 1.89. The lowest BCUT2D eigenvalue weighted by atomic mass is 10.3. The Morgan fingerprint density at radius 1 is 1.71 bits per heavy atom. The van der Waals surface area contributed by atoms with Crippen molar-refractivity contribution < 1.29 is 0 Å². The van der Waals surface area contributed by atoms with Gasteiger partial charge in [-0.2, -0.15) is 0 Å². The Bertz CT molecular complexity index is 38.7. The molecule has 0 unspecified atom stereocenters. The van der Waals surface area contributed by atoms with Gasteiger partial charge in [-0.3, -0.25) is 0 Å². The molecular formula is C4H11NS2. The number of thiol groups is 1. The molecule has 0 heterocycles. The van der Waals surface area contributed by atoms with Gasteiger partial charge in [0.15, 0.2) is 0 Å². The molecule has 0 amide bonds. The molecule has 7 heavy (non-hydrogen) atoms. The average molecular weight is 137 g/mol. The highest BCUT2D eigenvalue weighted by atomic mass is 32.2. The van der Waals surface area contributed by atoms with Crippen LogP contribution in [0, 0.1) is 5.92 Å². The fraction of sp³-hybridized carbons (Fsp3) is 1.00. The van der Waals surface area contributed by atoms with Crippen LogP contribution in [0.3, 0.4) is 0 Å². The monoisotopic (exact) mass is 137 g/mol. The third-order valence-electron chi connectivity index (χ3n) is 0.481. The molecule has 44 valence electrons. The lowest BCUT2D eigenvalue weighted by molar-refractivity contribution is 0.750. The van der Waals surface area contributed by atoms with Gasteiger partial charge in [0, 0.05) is 5.75 Å². The van der Waals surface area contributed by atoms with Crippen LogP contribution in [0.5, 0.6) is 0 Å². The zero-order chi connectivity index (χ0) is 5.70. The fourth-order valence-electron chi connectivity index (χ4n) is 0.204. The van der Waals surface area contributed by atoms with Crippen LogP contribution < -0.4 is 4.13 Å². The summed E-state index contributed by atoms with van der Waals surface area (Å²) in [6, 6.07) is 0. The average Bonchev–Trinajstić information content (AvgIpc) is 1.61. The second kappa shape index (κ2) is 4.81. The predicted octanol–water partition coefficient (Wildman–Crippen LogP) is 1.72. The van der Waals surface area contributed by atoms with Crippen molar-refractivity contribution in [2.45, 2.75) is 13.8 Å². The van der Waals surface area contributed by atoms with E-state index in [2.05, 4.69) is 30.8 Å². The molecule has 0 aliphatic rings. The molecule has 0 spiro atoms. The Labute approximate surface area is 54.9 Å². The van der Waals surface area contributed by atoms with Crippen LogP contribution in [-0.2, 0) is 0 Å². The number of rotatable bonds is 3. The SMILES string of the molecule is CC(C)CSNS. The van der Waals surface area contributed by atoms with Crippen molar-refractivity contribution in [3.8, 4) is 0 Å². The maximum Gasteiger partial charge on any atom is 0.0110 e. The zero-order valence-corrected chi connectivity index (χ0v) is 6.35. The molecule has 0 saturated carbocycles. The second-order valence-corrected chi connectivity index (χ2v) is 3.15. The van der Waals surface area contributed by atoms with Crippen LogP contribution in [0.1, 0.15) is 13.8 Å². The maximum absolute atomic E-state index is 3.81. The van der Waals surface area contributed by atoms with Gasteiger partial charge in [0.1, 0.15) is 0 Å². The number of hydrogen-bond donors (Lipinski definition) is 2. The molecule has 1 nitrogen and oxygen atoms in total. The van der Waals surface area contributed by atoms with Gasteiger partial charge < -0.3 is 0 Å². The van der Waals surface area contributed by atoms with Crippen molar-refractivity contribution in [3.63, 3.8) is 0 Å². The van der Waals surface area contributed by atoms with Crippen molar-refractivity contribution in [2.75, 3.05) is 5.75 Å². The van der Waals surface area contributed by atoms with Gasteiger partial charge in [-0.15, -0.1) is 0 Å². The largest absolute Gasteiger partial charge is 0.211 e. The van der Waals surface area contributed by atoms with Crippen molar-refractivity contribution in [1.29, 1.82) is 0 Å². The maximum atomic E-state index is 3.81. The van der Waals surface area contributed by atoms with Crippen LogP contribution in [-0.4, -0.2) is 5.75 Å². The summed E-state index contributed by atoms with van der Waals surface area (Å²) in [5.74, 6) is 1.88. The van der Waals surface area contributed by atoms with Crippen LogP contribution >= 0.6 is 24.8 Å². The minimum Gasteiger partial charge on any atom is -0.211 e. The van der Waals surface area contributed by atoms with Crippen LogP contribution in [0.25, 0.3) is 0 Å². The molecule has 0 radical (unpaired) electrons. The first-order valence-electron chi connectivity index (χ1n) is 2.28. The lowest BCUT2D eigenvalue weighted by Crippen LogP contribution is -1.94. The molecule has 0 aromatic heterocycles. The van der Waals surface area contributed by atoms with E-state index in [4.69, 9.17) is 0 Å². The summed E-state index contributed by atoms with van der Waals surface area (Å²) in [6.45, 7) is 4.36. The Kier molecular flexibility index (Phi) is 5.26. The molecular weight excluding hydrogens is 126 g/mol. The van der Waals surface area contributed by atoms with Crippen molar-refractivity contribution in [3.05, 3.63) is 0 Å². The molecule has 0 bridgehead atoms. The minimum atomic E-state index is 0.754. The van der Waals surface area contributed by atoms with Gasteiger partial charge in [-0.1, -0.05) is 38.6 Å². The first kappa shape index (κ1) is 7.66. The van der Waals surface area contributed by atoms with Gasteiger partial charge in [0.05, 0.1) is 0 Å². The van der Waals surface area contributed by atoms with Gasteiger partial charge in [0.2, 0.25) is 0 Å². The van der Waals surface area contributed by atoms with E-state index in [-0.39, 0.29) is 0 Å². The number of nitrogens with one attached hydrogen (secondary N) is 1. The van der Waals surface area contributed by atoms with Crippen molar-refractivity contribution in [2.24, 2.45) is 5.92 Å². The predicted molar refractivity (Wildman–Crippen MR) is 39.4 cm³/mol. The van der Waals surface area contributed by atoms with Crippen molar-refractivity contribution >= 4 is 24.8 Å². The lowest BCUT2D eigenvalue weighted by Gasteiger charge is -1.99. The van der Waals surface area contributed by atoms with E-state index >= 15 is 0 Å². The Balaban J connectivity index is 2.68. The summed E-state index contributed by atoms with van der Waals surface area (Å²) in [5, 5.41) is 0. The molecule has 0 aromatic rings. The first-order valence-corrected chi connectivity index (χ1v) is 3.71. The molecule has 0 fully saturated rings. The summed E-state index contributed by atoms with van der Waals surface area (Å²) in [5.41, 5.74) is 0. The Morgan fingerprint density at radius 3 is 2.43 bits per heavy atom. The van der Waals surface area contributed by atoms with E-state index in [9.17, 15) is 0 Å². The summed E-state index contributed by atoms with van der Waals surface area (Å²) < 4.78 is 2.71. The van der Waals surface area contributed by atoms with E-state index in [0.717, 1.165) is 11.7 Å². The molecule has 1 N–H and O–H groups in total. The smallest absolute Gasteiger partial charge is 0.0110 e. The van der Waals surface area contributed by atoms with E-state index < -0.39 is 0 Å². The summed E-state index contributed by atoms with van der Waals surface area (Å²) >= 11 is 5.44. The highest BCUT2D eigenvalue weighted by Crippen LogP contribution is 2.02. The molecule has 0 aliphatic heterocycles. The Morgan fingerprint density at radius 2 is 2.29 bits per heavy atom. The molecule has 0 aliphatic carbocycles.